The standard InChI is InChI=1S/C21H16BrFN4O3/c22-15-5-7-16(8-6-15)29-12-17-9-10-19(30-17)20(28)25-21-24-13-27(26-21)11-14-3-1-2-4-18(14)23/h1-10,13H,11-12H2,(H,25,26,28). The van der Waals surface area contributed by atoms with Crippen molar-refractivity contribution in [2.24, 2.45) is 0 Å². The van der Waals surface area contributed by atoms with E-state index in [1.165, 1.54) is 17.1 Å². The number of carbonyl (C=O) groups is 1. The van der Waals surface area contributed by atoms with Gasteiger partial charge >= 0.3 is 0 Å². The van der Waals surface area contributed by atoms with Crippen molar-refractivity contribution in [3.05, 3.63) is 94.4 Å². The van der Waals surface area contributed by atoms with Gasteiger partial charge < -0.3 is 9.15 Å². The molecule has 2 heterocycles. The van der Waals surface area contributed by atoms with Crippen LogP contribution >= 0.6 is 15.9 Å². The molecular weight excluding hydrogens is 455 g/mol. The SMILES string of the molecule is O=C(Nc1ncn(Cc2ccccc2F)n1)c1ccc(COc2ccc(Br)cc2)o1. The summed E-state index contributed by atoms with van der Waals surface area (Å²) in [6, 6.07) is 17.0. The van der Waals surface area contributed by atoms with Crippen LogP contribution in [0.3, 0.4) is 0 Å². The largest absolute Gasteiger partial charge is 0.486 e. The van der Waals surface area contributed by atoms with E-state index in [4.69, 9.17) is 9.15 Å². The Morgan fingerprint density at radius 1 is 1.13 bits per heavy atom. The van der Waals surface area contributed by atoms with Crippen molar-refractivity contribution in [2.75, 3.05) is 5.32 Å². The number of furan rings is 1. The lowest BCUT2D eigenvalue weighted by Gasteiger charge is -2.04. The van der Waals surface area contributed by atoms with Crippen LogP contribution in [0, 0.1) is 5.82 Å². The molecule has 1 amide bonds. The molecule has 0 aliphatic rings. The highest BCUT2D eigenvalue weighted by Gasteiger charge is 2.14. The van der Waals surface area contributed by atoms with Crippen LogP contribution in [0.2, 0.25) is 0 Å². The first-order chi connectivity index (χ1) is 14.6. The number of halogens is 2. The molecule has 0 spiro atoms. The highest BCUT2D eigenvalue weighted by molar-refractivity contribution is 9.10. The van der Waals surface area contributed by atoms with Gasteiger partial charge in [0, 0.05) is 10.0 Å². The summed E-state index contributed by atoms with van der Waals surface area (Å²) in [4.78, 5) is 16.4. The van der Waals surface area contributed by atoms with Crippen LogP contribution in [-0.4, -0.2) is 20.7 Å². The summed E-state index contributed by atoms with van der Waals surface area (Å²) in [5.41, 5.74) is 0.474. The summed E-state index contributed by atoms with van der Waals surface area (Å²) in [5, 5.41) is 6.70. The average Bonchev–Trinajstić information content (AvgIpc) is 3.39. The fourth-order valence-electron chi connectivity index (χ4n) is 2.66. The maximum Gasteiger partial charge on any atom is 0.293 e. The number of rotatable bonds is 7. The lowest BCUT2D eigenvalue weighted by Crippen LogP contribution is -2.12. The first-order valence-electron chi connectivity index (χ1n) is 8.98. The summed E-state index contributed by atoms with van der Waals surface area (Å²) in [5.74, 6) is 0.571. The van der Waals surface area contributed by atoms with Crippen LogP contribution in [0.4, 0.5) is 10.3 Å². The van der Waals surface area contributed by atoms with Crippen molar-refractivity contribution < 1.29 is 18.3 Å². The molecule has 9 heteroatoms. The van der Waals surface area contributed by atoms with Gasteiger partial charge in [0.1, 0.15) is 30.3 Å². The molecule has 1 N–H and O–H groups in total. The molecule has 4 rings (SSSR count). The molecule has 30 heavy (non-hydrogen) atoms. The predicted molar refractivity (Wildman–Crippen MR) is 111 cm³/mol. The van der Waals surface area contributed by atoms with Crippen molar-refractivity contribution in [3.63, 3.8) is 0 Å². The summed E-state index contributed by atoms with van der Waals surface area (Å²) < 4.78 is 27.3. The second-order valence-electron chi connectivity index (χ2n) is 6.32. The molecule has 0 unspecified atom stereocenters. The Balaban J connectivity index is 1.34. The topological polar surface area (TPSA) is 82.2 Å². The molecule has 2 aromatic heterocycles. The van der Waals surface area contributed by atoms with Crippen LogP contribution in [0.15, 0.2) is 75.9 Å². The summed E-state index contributed by atoms with van der Waals surface area (Å²) in [6.07, 6.45) is 1.42. The van der Waals surface area contributed by atoms with E-state index in [1.807, 2.05) is 24.3 Å². The van der Waals surface area contributed by atoms with Gasteiger partial charge in [-0.2, -0.15) is 0 Å². The van der Waals surface area contributed by atoms with Gasteiger partial charge in [-0.25, -0.2) is 14.1 Å². The number of nitrogens with zero attached hydrogens (tertiary/aromatic N) is 3. The maximum absolute atomic E-state index is 13.7. The minimum atomic E-state index is -0.492. The molecule has 0 aliphatic heterocycles. The molecule has 0 radical (unpaired) electrons. The number of nitrogens with one attached hydrogen (secondary N) is 1. The van der Waals surface area contributed by atoms with E-state index in [9.17, 15) is 9.18 Å². The minimum Gasteiger partial charge on any atom is -0.486 e. The Morgan fingerprint density at radius 3 is 2.73 bits per heavy atom. The number of carbonyl (C=O) groups excluding carboxylic acids is 1. The van der Waals surface area contributed by atoms with Crippen LogP contribution < -0.4 is 10.1 Å². The van der Waals surface area contributed by atoms with Gasteiger partial charge in [0.25, 0.3) is 5.91 Å². The van der Waals surface area contributed by atoms with Gasteiger partial charge in [-0.05, 0) is 42.5 Å². The van der Waals surface area contributed by atoms with Crippen molar-refractivity contribution in [1.29, 1.82) is 0 Å². The third kappa shape index (κ3) is 4.93. The number of anilines is 1. The van der Waals surface area contributed by atoms with Crippen LogP contribution in [0.5, 0.6) is 5.75 Å². The quantitative estimate of drug-likeness (QED) is 0.424. The molecule has 0 bridgehead atoms. The first kappa shape index (κ1) is 19.8. The van der Waals surface area contributed by atoms with Gasteiger partial charge in [0.15, 0.2) is 5.76 Å². The highest BCUT2D eigenvalue weighted by Crippen LogP contribution is 2.18. The lowest BCUT2D eigenvalue weighted by molar-refractivity contribution is 0.0991. The van der Waals surface area contributed by atoms with E-state index in [0.717, 1.165) is 4.47 Å². The van der Waals surface area contributed by atoms with Crippen molar-refractivity contribution in [3.8, 4) is 5.75 Å². The summed E-state index contributed by atoms with van der Waals surface area (Å²) >= 11 is 3.36. The van der Waals surface area contributed by atoms with Crippen LogP contribution in [0.25, 0.3) is 0 Å². The molecule has 7 nitrogen and oxygen atoms in total. The zero-order valence-corrected chi connectivity index (χ0v) is 17.2. The third-order valence-electron chi connectivity index (χ3n) is 4.13. The van der Waals surface area contributed by atoms with E-state index in [-0.39, 0.29) is 30.7 Å². The second kappa shape index (κ2) is 8.91. The van der Waals surface area contributed by atoms with Crippen molar-refractivity contribution >= 4 is 27.8 Å². The normalized spacial score (nSPS) is 10.7. The van der Waals surface area contributed by atoms with E-state index < -0.39 is 5.91 Å². The Bertz CT molecular complexity index is 1160. The first-order valence-corrected chi connectivity index (χ1v) is 9.77. The zero-order chi connectivity index (χ0) is 20.9. The van der Waals surface area contributed by atoms with E-state index in [0.29, 0.717) is 17.1 Å². The smallest absolute Gasteiger partial charge is 0.293 e. The number of benzene rings is 2. The molecule has 0 fully saturated rings. The molecular formula is C21H16BrFN4O3. The van der Waals surface area contributed by atoms with E-state index >= 15 is 0 Å². The maximum atomic E-state index is 13.7. The molecule has 0 saturated carbocycles. The van der Waals surface area contributed by atoms with Gasteiger partial charge in [-0.1, -0.05) is 34.1 Å². The van der Waals surface area contributed by atoms with Gasteiger partial charge in [0.2, 0.25) is 5.95 Å². The highest BCUT2D eigenvalue weighted by atomic mass is 79.9. The van der Waals surface area contributed by atoms with E-state index in [1.54, 1.807) is 30.3 Å². The molecule has 4 aromatic rings. The van der Waals surface area contributed by atoms with Crippen molar-refractivity contribution in [2.45, 2.75) is 13.2 Å². The summed E-state index contributed by atoms with van der Waals surface area (Å²) in [7, 11) is 0. The number of amides is 1. The number of hydrogen-bond acceptors (Lipinski definition) is 5. The summed E-state index contributed by atoms with van der Waals surface area (Å²) in [6.45, 7) is 0.387. The monoisotopic (exact) mass is 470 g/mol. The third-order valence-corrected chi connectivity index (χ3v) is 4.66. The Hall–Kier alpha value is -3.46. The van der Waals surface area contributed by atoms with Crippen LogP contribution in [-0.2, 0) is 13.2 Å². The second-order valence-corrected chi connectivity index (χ2v) is 7.24. The fraction of sp³-hybridized carbons (Fsp3) is 0.0952. The molecule has 0 saturated heterocycles. The van der Waals surface area contributed by atoms with Crippen LogP contribution in [0.1, 0.15) is 21.9 Å². The van der Waals surface area contributed by atoms with Gasteiger partial charge in [0.05, 0.1) is 6.54 Å². The number of aromatic nitrogens is 3. The average molecular weight is 471 g/mol. The molecule has 0 atom stereocenters. The molecule has 2 aromatic carbocycles. The Morgan fingerprint density at radius 2 is 1.93 bits per heavy atom. The van der Waals surface area contributed by atoms with E-state index in [2.05, 4.69) is 31.3 Å². The zero-order valence-electron chi connectivity index (χ0n) is 15.6. The lowest BCUT2D eigenvalue weighted by atomic mass is 10.2. The minimum absolute atomic E-state index is 0.0976. The van der Waals surface area contributed by atoms with Gasteiger partial charge in [-0.3, -0.25) is 10.1 Å². The fourth-order valence-corrected chi connectivity index (χ4v) is 2.92. The number of ether oxygens (including phenoxy) is 1. The number of hydrogen-bond donors (Lipinski definition) is 1. The van der Waals surface area contributed by atoms with Crippen molar-refractivity contribution in [1.82, 2.24) is 14.8 Å². The Kier molecular flexibility index (Phi) is 5.89. The van der Waals surface area contributed by atoms with Gasteiger partial charge in [-0.15, -0.1) is 5.10 Å². The molecule has 152 valence electrons. The Labute approximate surface area is 179 Å². The predicted octanol–water partition coefficient (Wildman–Crippen LogP) is 4.65. The molecule has 0 aliphatic carbocycles.